The standard InChI is InChI=1S/C20H16ClN3O4.Na/c1-10(2)27-17-6-4-12(8-14(17)21)19-23-18(24-28-19)11-3-5-15-13(7-11)9-16(22-15)20(25)26;/h3-10,22H,1-2H3,(H,25,26);/q;+1/p-1. The molecule has 0 radical (unpaired) electrons. The van der Waals surface area contributed by atoms with Gasteiger partial charge in [-0.2, -0.15) is 4.98 Å². The Hall–Kier alpha value is -2.32. The van der Waals surface area contributed by atoms with Crippen molar-refractivity contribution < 1.29 is 48.7 Å². The molecule has 29 heavy (non-hydrogen) atoms. The van der Waals surface area contributed by atoms with Crippen molar-refractivity contribution in [3.63, 3.8) is 0 Å². The minimum absolute atomic E-state index is 0. The fraction of sp³-hybridized carbons (Fsp3) is 0.150. The van der Waals surface area contributed by atoms with Crippen molar-refractivity contribution in [1.82, 2.24) is 15.1 Å². The third-order valence-electron chi connectivity index (χ3n) is 4.07. The number of carboxylic acid groups (broad SMARTS) is 1. The molecule has 1 N–H and O–H groups in total. The number of carbonyl (C=O) groups is 1. The molecular formula is C20H15ClN3NaO4. The Kier molecular flexibility index (Phi) is 6.33. The SMILES string of the molecule is CC(C)Oc1ccc(-c2nc(-c3ccc4[nH]c(C(=O)[O-])cc4c3)no2)cc1Cl.[Na+]. The van der Waals surface area contributed by atoms with Crippen LogP contribution in [0.25, 0.3) is 33.7 Å². The van der Waals surface area contributed by atoms with E-state index >= 15 is 0 Å². The first-order valence-corrected chi connectivity index (χ1v) is 8.93. The number of halogens is 1. The van der Waals surface area contributed by atoms with Gasteiger partial charge in [0.1, 0.15) is 5.75 Å². The average molecular weight is 420 g/mol. The molecular weight excluding hydrogens is 405 g/mol. The van der Waals surface area contributed by atoms with Crippen molar-refractivity contribution in [2.75, 3.05) is 0 Å². The number of benzene rings is 2. The van der Waals surface area contributed by atoms with Crippen LogP contribution >= 0.6 is 11.6 Å². The number of aromatic carboxylic acids is 1. The van der Waals surface area contributed by atoms with Crippen molar-refractivity contribution in [3.05, 3.63) is 53.2 Å². The topological polar surface area (TPSA) is 104 Å². The fourth-order valence-electron chi connectivity index (χ4n) is 2.82. The zero-order valence-electron chi connectivity index (χ0n) is 16.0. The van der Waals surface area contributed by atoms with Crippen molar-refractivity contribution in [1.29, 1.82) is 0 Å². The number of carbonyl (C=O) groups excluding carboxylic acids is 1. The molecule has 0 spiro atoms. The fourth-order valence-corrected chi connectivity index (χ4v) is 3.05. The molecule has 142 valence electrons. The summed E-state index contributed by atoms with van der Waals surface area (Å²) in [4.78, 5) is 18.2. The van der Waals surface area contributed by atoms with Crippen molar-refractivity contribution in [3.8, 4) is 28.6 Å². The summed E-state index contributed by atoms with van der Waals surface area (Å²) >= 11 is 6.27. The summed E-state index contributed by atoms with van der Waals surface area (Å²) in [7, 11) is 0. The molecule has 0 aliphatic heterocycles. The number of nitrogens with one attached hydrogen (secondary N) is 1. The predicted octanol–water partition coefficient (Wildman–Crippen LogP) is 0.693. The Morgan fingerprint density at radius 2 is 1.93 bits per heavy atom. The number of H-pyrrole nitrogens is 1. The first-order valence-electron chi connectivity index (χ1n) is 8.55. The number of nitrogens with zero attached hydrogens (tertiary/aromatic N) is 2. The van der Waals surface area contributed by atoms with E-state index in [2.05, 4.69) is 15.1 Å². The first kappa shape index (κ1) is 21.4. The van der Waals surface area contributed by atoms with Gasteiger partial charge < -0.3 is 24.1 Å². The van der Waals surface area contributed by atoms with Gasteiger partial charge in [0.05, 0.1) is 22.8 Å². The van der Waals surface area contributed by atoms with Crippen LogP contribution in [0.15, 0.2) is 47.0 Å². The maximum absolute atomic E-state index is 11.0. The Morgan fingerprint density at radius 3 is 2.62 bits per heavy atom. The van der Waals surface area contributed by atoms with Crippen LogP contribution in [0.2, 0.25) is 5.02 Å². The number of fused-ring (bicyclic) bond motifs is 1. The summed E-state index contributed by atoms with van der Waals surface area (Å²) in [5.41, 5.74) is 2.05. The van der Waals surface area contributed by atoms with Gasteiger partial charge in [-0.1, -0.05) is 16.8 Å². The third-order valence-corrected chi connectivity index (χ3v) is 4.36. The summed E-state index contributed by atoms with van der Waals surface area (Å²) < 4.78 is 11.0. The van der Waals surface area contributed by atoms with Crippen LogP contribution in [0.4, 0.5) is 0 Å². The summed E-state index contributed by atoms with van der Waals surface area (Å²) in [6, 6.07) is 12.1. The monoisotopic (exact) mass is 419 g/mol. The second kappa shape index (κ2) is 8.59. The zero-order chi connectivity index (χ0) is 19.8. The van der Waals surface area contributed by atoms with Gasteiger partial charge in [0, 0.05) is 22.0 Å². The van der Waals surface area contributed by atoms with E-state index in [4.69, 9.17) is 20.9 Å². The van der Waals surface area contributed by atoms with Gasteiger partial charge in [0.2, 0.25) is 5.82 Å². The van der Waals surface area contributed by atoms with E-state index < -0.39 is 5.97 Å². The van der Waals surface area contributed by atoms with E-state index in [-0.39, 0.29) is 41.4 Å². The number of rotatable bonds is 5. The van der Waals surface area contributed by atoms with Gasteiger partial charge >= 0.3 is 29.6 Å². The number of ether oxygens (including phenoxy) is 1. The van der Waals surface area contributed by atoms with Crippen LogP contribution in [0.3, 0.4) is 0 Å². The van der Waals surface area contributed by atoms with E-state index in [1.807, 2.05) is 13.8 Å². The van der Waals surface area contributed by atoms with Crippen LogP contribution in [0.1, 0.15) is 24.3 Å². The minimum Gasteiger partial charge on any atom is -0.543 e. The van der Waals surface area contributed by atoms with Gasteiger partial charge in [-0.15, -0.1) is 0 Å². The Morgan fingerprint density at radius 1 is 1.17 bits per heavy atom. The van der Waals surface area contributed by atoms with Gasteiger partial charge in [-0.25, -0.2) is 0 Å². The summed E-state index contributed by atoms with van der Waals surface area (Å²) in [5.74, 6) is 0.0208. The molecule has 2 heterocycles. The number of aromatic amines is 1. The van der Waals surface area contributed by atoms with Crippen molar-refractivity contribution >= 4 is 28.5 Å². The van der Waals surface area contributed by atoms with Crippen LogP contribution in [-0.4, -0.2) is 27.2 Å². The molecule has 7 nitrogen and oxygen atoms in total. The van der Waals surface area contributed by atoms with Gasteiger partial charge in [0.15, 0.2) is 0 Å². The van der Waals surface area contributed by atoms with Gasteiger partial charge in [-0.3, -0.25) is 0 Å². The number of aromatic nitrogens is 3. The molecule has 0 atom stereocenters. The molecule has 0 fully saturated rings. The van der Waals surface area contributed by atoms with E-state index in [0.29, 0.717) is 44.5 Å². The zero-order valence-corrected chi connectivity index (χ0v) is 18.8. The molecule has 2 aromatic heterocycles. The smallest absolute Gasteiger partial charge is 0.543 e. The van der Waals surface area contributed by atoms with Crippen LogP contribution < -0.4 is 39.4 Å². The van der Waals surface area contributed by atoms with Gasteiger partial charge in [-0.05, 0) is 56.3 Å². The number of hydrogen-bond acceptors (Lipinski definition) is 6. The second-order valence-corrected chi connectivity index (χ2v) is 6.91. The molecule has 9 heteroatoms. The van der Waals surface area contributed by atoms with Crippen LogP contribution in [-0.2, 0) is 0 Å². The van der Waals surface area contributed by atoms with Crippen LogP contribution in [0.5, 0.6) is 5.75 Å². The largest absolute Gasteiger partial charge is 1.00 e. The number of hydrogen-bond donors (Lipinski definition) is 1. The van der Waals surface area contributed by atoms with E-state index in [1.165, 1.54) is 6.07 Å². The molecule has 4 rings (SSSR count). The quantitative estimate of drug-likeness (QED) is 0.477. The summed E-state index contributed by atoms with van der Waals surface area (Å²) in [6.07, 6.45) is 0.0131. The Bertz CT molecular complexity index is 1190. The maximum atomic E-state index is 11.0. The molecule has 0 amide bonds. The molecule has 0 saturated carbocycles. The van der Waals surface area contributed by atoms with E-state index in [0.717, 1.165) is 0 Å². The Balaban J connectivity index is 0.00000240. The normalized spacial score (nSPS) is 10.9. The molecule has 0 unspecified atom stereocenters. The summed E-state index contributed by atoms with van der Waals surface area (Å²) in [6.45, 7) is 3.84. The van der Waals surface area contributed by atoms with Gasteiger partial charge in [0.25, 0.3) is 5.89 Å². The first-order chi connectivity index (χ1) is 13.4. The van der Waals surface area contributed by atoms with Crippen LogP contribution in [0, 0.1) is 0 Å². The maximum Gasteiger partial charge on any atom is 1.00 e. The molecule has 0 aliphatic carbocycles. The summed E-state index contributed by atoms with van der Waals surface area (Å²) in [5, 5.41) is 16.2. The minimum atomic E-state index is -1.26. The average Bonchev–Trinajstić information content (AvgIpc) is 3.29. The predicted molar refractivity (Wildman–Crippen MR) is 102 cm³/mol. The van der Waals surface area contributed by atoms with Crippen molar-refractivity contribution in [2.24, 2.45) is 0 Å². The molecule has 4 aromatic rings. The Labute approximate surface area is 193 Å². The third kappa shape index (κ3) is 4.48. The second-order valence-electron chi connectivity index (χ2n) is 6.51. The molecule has 0 aliphatic rings. The molecule has 0 saturated heterocycles. The van der Waals surface area contributed by atoms with E-state index in [1.54, 1.807) is 36.4 Å². The number of carboxylic acids is 1. The van der Waals surface area contributed by atoms with Crippen molar-refractivity contribution in [2.45, 2.75) is 20.0 Å². The molecule has 2 aromatic carbocycles. The van der Waals surface area contributed by atoms with E-state index in [9.17, 15) is 9.90 Å². The molecule has 0 bridgehead atoms.